The fraction of sp³-hybridized carbons (Fsp3) is 0.550. The van der Waals surface area contributed by atoms with Crippen molar-refractivity contribution in [3.8, 4) is 5.75 Å². The molecule has 1 atom stereocenters. The molecule has 0 radical (unpaired) electrons. The predicted molar refractivity (Wildman–Crippen MR) is 98.2 cm³/mol. The molecule has 1 aromatic heterocycles. The van der Waals surface area contributed by atoms with E-state index >= 15 is 0 Å². The maximum Gasteiger partial charge on any atom is 0.412 e. The number of hydrogen-bond acceptors (Lipinski definition) is 4. The quantitative estimate of drug-likeness (QED) is 0.876. The molecule has 6 heteroatoms. The van der Waals surface area contributed by atoms with Crippen LogP contribution in [0.4, 0.5) is 4.79 Å². The molecule has 1 aromatic carbocycles. The zero-order chi connectivity index (χ0) is 18.4. The lowest BCUT2D eigenvalue weighted by molar-refractivity contribution is -0.158. The van der Waals surface area contributed by atoms with Crippen LogP contribution in [0.25, 0.3) is 10.9 Å². The van der Waals surface area contributed by atoms with Crippen molar-refractivity contribution in [2.45, 2.75) is 56.8 Å². The van der Waals surface area contributed by atoms with Crippen molar-refractivity contribution in [2.24, 2.45) is 0 Å². The molecular weight excluding hydrogens is 332 g/mol. The highest BCUT2D eigenvalue weighted by molar-refractivity contribution is 5.84. The maximum atomic E-state index is 12.5. The van der Waals surface area contributed by atoms with Crippen molar-refractivity contribution in [3.63, 3.8) is 0 Å². The molecule has 1 unspecified atom stereocenters. The summed E-state index contributed by atoms with van der Waals surface area (Å²) in [6.45, 7) is 2.14. The minimum absolute atomic E-state index is 0.408. The number of aromatic nitrogens is 1. The average molecular weight is 358 g/mol. The molecular formula is C20H26N2O4. The third-order valence-corrected chi connectivity index (χ3v) is 6.13. The van der Waals surface area contributed by atoms with Crippen LogP contribution in [0.5, 0.6) is 5.75 Å². The highest BCUT2D eigenvalue weighted by Crippen LogP contribution is 2.46. The van der Waals surface area contributed by atoms with Crippen LogP contribution in [0.15, 0.2) is 24.4 Å². The summed E-state index contributed by atoms with van der Waals surface area (Å²) in [5.74, 6) is 0.798. The molecule has 0 bridgehead atoms. The monoisotopic (exact) mass is 358 g/mol. The number of H-pyrrole nitrogens is 1. The van der Waals surface area contributed by atoms with Crippen LogP contribution in [-0.2, 0) is 11.2 Å². The molecule has 2 fully saturated rings. The largest absolute Gasteiger partial charge is 0.497 e. The number of fused-ring (bicyclic) bond motifs is 1. The molecule has 2 N–H and O–H groups in total. The Morgan fingerprint density at radius 2 is 2.08 bits per heavy atom. The fourth-order valence-electron chi connectivity index (χ4n) is 4.47. The summed E-state index contributed by atoms with van der Waals surface area (Å²) >= 11 is 0. The molecule has 1 aliphatic carbocycles. The molecule has 2 heterocycles. The van der Waals surface area contributed by atoms with Gasteiger partial charge in [0.25, 0.3) is 0 Å². The molecule has 26 heavy (non-hydrogen) atoms. The first-order valence-corrected chi connectivity index (χ1v) is 9.34. The van der Waals surface area contributed by atoms with E-state index in [9.17, 15) is 9.90 Å². The first-order valence-electron chi connectivity index (χ1n) is 9.34. The Bertz CT molecular complexity index is 820. The number of amides is 1. The Hall–Kier alpha value is -2.21. The van der Waals surface area contributed by atoms with Gasteiger partial charge in [-0.1, -0.05) is 6.42 Å². The summed E-state index contributed by atoms with van der Waals surface area (Å²) in [5, 5.41) is 12.2. The number of aromatic amines is 1. The summed E-state index contributed by atoms with van der Waals surface area (Å²) < 4.78 is 11.0. The van der Waals surface area contributed by atoms with Gasteiger partial charge in [0.15, 0.2) is 11.3 Å². The molecule has 140 valence electrons. The number of ether oxygens (including phenoxy) is 2. The molecule has 4 rings (SSSR count). The van der Waals surface area contributed by atoms with Crippen molar-refractivity contribution >= 4 is 17.0 Å². The van der Waals surface area contributed by atoms with Crippen LogP contribution < -0.4 is 4.74 Å². The minimum Gasteiger partial charge on any atom is -0.497 e. The Morgan fingerprint density at radius 1 is 1.31 bits per heavy atom. The lowest BCUT2D eigenvalue weighted by Gasteiger charge is -2.42. The van der Waals surface area contributed by atoms with E-state index in [0.717, 1.165) is 54.3 Å². The van der Waals surface area contributed by atoms with Crippen LogP contribution in [0.2, 0.25) is 0 Å². The number of rotatable bonds is 4. The van der Waals surface area contributed by atoms with E-state index in [1.807, 2.05) is 24.4 Å². The summed E-state index contributed by atoms with van der Waals surface area (Å²) in [6.07, 6.45) is 6.74. The average Bonchev–Trinajstić information content (AvgIpc) is 3.11. The van der Waals surface area contributed by atoms with Gasteiger partial charge in [0.2, 0.25) is 0 Å². The number of methoxy groups -OCH3 is 1. The zero-order valence-corrected chi connectivity index (χ0v) is 15.4. The van der Waals surface area contributed by atoms with Crippen molar-refractivity contribution in [1.29, 1.82) is 0 Å². The third kappa shape index (κ3) is 2.55. The maximum absolute atomic E-state index is 12.5. The van der Waals surface area contributed by atoms with Crippen LogP contribution in [0, 0.1) is 0 Å². The van der Waals surface area contributed by atoms with Gasteiger partial charge in [0.05, 0.1) is 7.11 Å². The Labute approximate surface area is 153 Å². The van der Waals surface area contributed by atoms with E-state index in [-0.39, 0.29) is 0 Å². The van der Waals surface area contributed by atoms with Crippen molar-refractivity contribution in [1.82, 2.24) is 9.88 Å². The topological polar surface area (TPSA) is 74.8 Å². The van der Waals surface area contributed by atoms with Crippen molar-refractivity contribution < 1.29 is 19.4 Å². The molecule has 6 nitrogen and oxygen atoms in total. The van der Waals surface area contributed by atoms with Gasteiger partial charge in [0.1, 0.15) is 5.75 Å². The molecule has 1 saturated carbocycles. The lowest BCUT2D eigenvalue weighted by atomic mass is 9.77. The first-order chi connectivity index (χ1) is 12.5. The van der Waals surface area contributed by atoms with Crippen LogP contribution >= 0.6 is 0 Å². The van der Waals surface area contributed by atoms with Crippen LogP contribution in [-0.4, -0.2) is 46.1 Å². The van der Waals surface area contributed by atoms with Crippen molar-refractivity contribution in [2.75, 3.05) is 13.7 Å². The lowest BCUT2D eigenvalue weighted by Crippen LogP contribution is -2.57. The summed E-state index contributed by atoms with van der Waals surface area (Å²) in [6, 6.07) is 5.89. The van der Waals surface area contributed by atoms with Gasteiger partial charge in [-0.2, -0.15) is 0 Å². The van der Waals surface area contributed by atoms with E-state index in [1.165, 1.54) is 4.90 Å². The van der Waals surface area contributed by atoms with Crippen LogP contribution in [0.1, 0.15) is 44.6 Å². The minimum atomic E-state index is -1.27. The third-order valence-electron chi connectivity index (χ3n) is 6.13. The van der Waals surface area contributed by atoms with E-state index in [0.29, 0.717) is 13.0 Å². The molecule has 1 saturated heterocycles. The predicted octanol–water partition coefficient (Wildman–Crippen LogP) is 3.58. The Balaban J connectivity index is 1.55. The number of nitrogens with zero attached hydrogens (tertiary/aromatic N) is 1. The van der Waals surface area contributed by atoms with E-state index in [2.05, 4.69) is 4.98 Å². The first kappa shape index (κ1) is 17.2. The Kier molecular flexibility index (Phi) is 4.10. The zero-order valence-electron chi connectivity index (χ0n) is 15.4. The second-order valence-electron chi connectivity index (χ2n) is 7.57. The molecule has 2 aromatic rings. The van der Waals surface area contributed by atoms with Gasteiger partial charge >= 0.3 is 6.09 Å². The fourth-order valence-corrected chi connectivity index (χ4v) is 4.47. The summed E-state index contributed by atoms with van der Waals surface area (Å²) in [7, 11) is 1.65. The van der Waals surface area contributed by atoms with Gasteiger partial charge < -0.3 is 19.6 Å². The highest BCUT2D eigenvalue weighted by atomic mass is 16.6. The number of nitrogens with one attached hydrogen (secondary N) is 1. The number of hydrogen-bond donors (Lipinski definition) is 2. The Morgan fingerprint density at radius 3 is 2.81 bits per heavy atom. The van der Waals surface area contributed by atoms with Gasteiger partial charge in [-0.05, 0) is 62.8 Å². The van der Waals surface area contributed by atoms with Crippen LogP contribution in [0.3, 0.4) is 0 Å². The molecule has 1 aliphatic heterocycles. The SMILES string of the molecule is COc1ccc2[nH]cc(CCN3C(=O)OC4(CCCCC4)C3(C)O)c2c1. The van der Waals surface area contributed by atoms with Gasteiger partial charge in [0, 0.05) is 23.6 Å². The number of carbonyl (C=O) groups excluding carboxylic acids is 1. The van der Waals surface area contributed by atoms with E-state index in [4.69, 9.17) is 9.47 Å². The molecule has 2 aliphatic rings. The number of carbonyl (C=O) groups is 1. The van der Waals surface area contributed by atoms with Gasteiger partial charge in [-0.3, -0.25) is 4.90 Å². The number of aliphatic hydroxyl groups is 1. The second-order valence-corrected chi connectivity index (χ2v) is 7.57. The standard InChI is InChI=1S/C20H26N2O4/c1-19(24)20(9-4-3-5-10-20)26-18(23)22(19)11-8-14-13-21-17-7-6-15(25-2)12-16(14)17/h6-7,12-13,21,24H,3-5,8-11H2,1-2H3. The normalized spacial score (nSPS) is 25.0. The molecule has 1 spiro atoms. The van der Waals surface area contributed by atoms with E-state index < -0.39 is 17.4 Å². The summed E-state index contributed by atoms with van der Waals surface area (Å²) in [5.41, 5.74) is 0.0903. The second kappa shape index (κ2) is 6.20. The summed E-state index contributed by atoms with van der Waals surface area (Å²) in [4.78, 5) is 17.3. The molecule has 1 amide bonds. The highest BCUT2D eigenvalue weighted by Gasteiger charge is 2.61. The van der Waals surface area contributed by atoms with Crippen molar-refractivity contribution in [3.05, 3.63) is 30.0 Å². The number of benzene rings is 1. The van der Waals surface area contributed by atoms with Gasteiger partial charge in [-0.25, -0.2) is 4.79 Å². The smallest absolute Gasteiger partial charge is 0.412 e. The van der Waals surface area contributed by atoms with Gasteiger partial charge in [-0.15, -0.1) is 0 Å². The van der Waals surface area contributed by atoms with E-state index in [1.54, 1.807) is 14.0 Å².